The fourth-order valence-electron chi connectivity index (χ4n) is 2.45. The quantitative estimate of drug-likeness (QED) is 0.866. The van der Waals surface area contributed by atoms with Gasteiger partial charge in [-0.1, -0.05) is 0 Å². The third kappa shape index (κ3) is 2.40. The van der Waals surface area contributed by atoms with E-state index in [1.54, 1.807) is 6.07 Å². The molecule has 0 amide bonds. The number of anilines is 1. The third-order valence-corrected chi connectivity index (χ3v) is 3.21. The zero-order chi connectivity index (χ0) is 12.3. The van der Waals surface area contributed by atoms with Gasteiger partial charge in [-0.2, -0.15) is 5.26 Å². The van der Waals surface area contributed by atoms with E-state index in [9.17, 15) is 4.39 Å². The van der Waals surface area contributed by atoms with Gasteiger partial charge in [-0.25, -0.2) is 4.39 Å². The van der Waals surface area contributed by atoms with Crippen LogP contribution in [0.25, 0.3) is 0 Å². The van der Waals surface area contributed by atoms with Crippen molar-refractivity contribution < 1.29 is 4.39 Å². The van der Waals surface area contributed by atoms with Gasteiger partial charge in [0.25, 0.3) is 0 Å². The van der Waals surface area contributed by atoms with Crippen LogP contribution < -0.4 is 10.2 Å². The van der Waals surface area contributed by atoms with Crippen LogP contribution in [-0.2, 0) is 0 Å². The van der Waals surface area contributed by atoms with Crippen LogP contribution in [0.5, 0.6) is 0 Å². The first-order chi connectivity index (χ1) is 8.26. The van der Waals surface area contributed by atoms with Crippen molar-refractivity contribution in [2.45, 2.75) is 18.9 Å². The second-order valence-corrected chi connectivity index (χ2v) is 4.32. The molecule has 1 heterocycles. The molecule has 0 saturated carbocycles. The summed E-state index contributed by atoms with van der Waals surface area (Å²) in [5.74, 6) is -0.352. The van der Waals surface area contributed by atoms with Crippen molar-refractivity contribution in [2.75, 3.05) is 25.0 Å². The van der Waals surface area contributed by atoms with E-state index >= 15 is 0 Å². The summed E-state index contributed by atoms with van der Waals surface area (Å²) in [6, 6.07) is 6.92. The standard InChI is InChI=1S/C13H16FN3/c1-16-9-12-3-2-6-17(12)13-5-4-11(14)7-10(13)8-15/h4-5,7,12,16H,2-3,6,9H2,1H3. The van der Waals surface area contributed by atoms with Gasteiger partial charge >= 0.3 is 0 Å². The second-order valence-electron chi connectivity index (χ2n) is 4.32. The number of halogens is 1. The van der Waals surface area contributed by atoms with Crippen LogP contribution in [0.2, 0.25) is 0 Å². The Balaban J connectivity index is 2.30. The number of rotatable bonds is 3. The van der Waals surface area contributed by atoms with Crippen LogP contribution in [0, 0.1) is 17.1 Å². The van der Waals surface area contributed by atoms with Crippen molar-refractivity contribution in [1.29, 1.82) is 5.26 Å². The molecule has 1 aromatic rings. The summed E-state index contributed by atoms with van der Waals surface area (Å²) in [7, 11) is 1.92. The molecule has 1 aliphatic rings. The molecular formula is C13H16FN3. The average Bonchev–Trinajstić information content (AvgIpc) is 2.77. The minimum absolute atomic E-state index is 0.352. The second kappa shape index (κ2) is 5.15. The van der Waals surface area contributed by atoms with E-state index in [1.165, 1.54) is 12.1 Å². The fourth-order valence-corrected chi connectivity index (χ4v) is 2.45. The number of benzene rings is 1. The molecule has 1 atom stereocenters. The van der Waals surface area contributed by atoms with E-state index in [4.69, 9.17) is 5.26 Å². The zero-order valence-corrected chi connectivity index (χ0v) is 9.91. The van der Waals surface area contributed by atoms with Crippen molar-refractivity contribution in [1.82, 2.24) is 5.32 Å². The number of nitrogens with one attached hydrogen (secondary N) is 1. The lowest BCUT2D eigenvalue weighted by molar-refractivity contribution is 0.611. The first-order valence-electron chi connectivity index (χ1n) is 5.87. The highest BCUT2D eigenvalue weighted by atomic mass is 19.1. The van der Waals surface area contributed by atoms with Gasteiger partial charge in [-0.15, -0.1) is 0 Å². The molecule has 2 rings (SSSR count). The van der Waals surface area contributed by atoms with Gasteiger partial charge in [0.1, 0.15) is 11.9 Å². The van der Waals surface area contributed by atoms with E-state index < -0.39 is 0 Å². The minimum Gasteiger partial charge on any atom is -0.366 e. The highest BCUT2D eigenvalue weighted by Gasteiger charge is 2.25. The van der Waals surface area contributed by atoms with E-state index in [-0.39, 0.29) is 5.82 Å². The van der Waals surface area contributed by atoms with Crippen LogP contribution in [0.1, 0.15) is 18.4 Å². The molecule has 17 heavy (non-hydrogen) atoms. The Morgan fingerprint density at radius 2 is 2.41 bits per heavy atom. The monoisotopic (exact) mass is 233 g/mol. The highest BCUT2D eigenvalue weighted by molar-refractivity contribution is 5.60. The lowest BCUT2D eigenvalue weighted by Crippen LogP contribution is -2.37. The minimum atomic E-state index is -0.352. The molecule has 4 heteroatoms. The van der Waals surface area contributed by atoms with Gasteiger partial charge in [0, 0.05) is 19.1 Å². The third-order valence-electron chi connectivity index (χ3n) is 3.21. The Bertz CT molecular complexity index is 439. The SMILES string of the molecule is CNCC1CCCN1c1ccc(F)cc1C#N. The largest absolute Gasteiger partial charge is 0.366 e. The molecule has 1 aromatic carbocycles. The summed E-state index contributed by atoms with van der Waals surface area (Å²) in [4.78, 5) is 2.20. The molecule has 0 radical (unpaired) electrons. The molecule has 1 N–H and O–H groups in total. The Kier molecular flexibility index (Phi) is 3.60. The summed E-state index contributed by atoms with van der Waals surface area (Å²) in [6.45, 7) is 1.83. The number of hydrogen-bond donors (Lipinski definition) is 1. The summed E-state index contributed by atoms with van der Waals surface area (Å²) < 4.78 is 13.1. The van der Waals surface area contributed by atoms with Crippen LogP contribution in [-0.4, -0.2) is 26.2 Å². The highest BCUT2D eigenvalue weighted by Crippen LogP contribution is 2.28. The predicted molar refractivity (Wildman–Crippen MR) is 65.4 cm³/mol. The van der Waals surface area contributed by atoms with Crippen LogP contribution in [0.3, 0.4) is 0 Å². The van der Waals surface area contributed by atoms with E-state index in [0.29, 0.717) is 11.6 Å². The molecule has 0 spiro atoms. The van der Waals surface area contributed by atoms with Crippen LogP contribution in [0.4, 0.5) is 10.1 Å². The van der Waals surface area contributed by atoms with E-state index in [2.05, 4.69) is 16.3 Å². The average molecular weight is 233 g/mol. The molecule has 90 valence electrons. The van der Waals surface area contributed by atoms with Crippen molar-refractivity contribution in [2.24, 2.45) is 0 Å². The van der Waals surface area contributed by atoms with Crippen molar-refractivity contribution in [3.63, 3.8) is 0 Å². The molecule has 0 bridgehead atoms. The topological polar surface area (TPSA) is 39.1 Å². The molecule has 0 aromatic heterocycles. The number of nitrogens with zero attached hydrogens (tertiary/aromatic N) is 2. The van der Waals surface area contributed by atoms with Gasteiger partial charge < -0.3 is 10.2 Å². The normalized spacial score (nSPS) is 19.4. The maximum absolute atomic E-state index is 13.1. The molecule has 1 fully saturated rings. The van der Waals surface area contributed by atoms with E-state index in [1.807, 2.05) is 7.05 Å². The summed E-state index contributed by atoms with van der Waals surface area (Å²) >= 11 is 0. The first-order valence-corrected chi connectivity index (χ1v) is 5.87. The van der Waals surface area contributed by atoms with Crippen LogP contribution in [0.15, 0.2) is 18.2 Å². The lowest BCUT2D eigenvalue weighted by atomic mass is 10.1. The Hall–Kier alpha value is -1.60. The molecule has 1 aliphatic heterocycles. The summed E-state index contributed by atoms with van der Waals surface area (Å²) in [5.41, 5.74) is 1.28. The number of hydrogen-bond acceptors (Lipinski definition) is 3. The van der Waals surface area contributed by atoms with Gasteiger partial charge in [-0.3, -0.25) is 0 Å². The zero-order valence-electron chi connectivity index (χ0n) is 9.91. The van der Waals surface area contributed by atoms with Crippen LogP contribution >= 0.6 is 0 Å². The molecule has 0 aliphatic carbocycles. The van der Waals surface area contributed by atoms with Crippen molar-refractivity contribution in [3.8, 4) is 6.07 Å². The predicted octanol–water partition coefficient (Wildman–Crippen LogP) is 1.89. The Labute approximate surface area is 101 Å². The molecule has 1 saturated heterocycles. The van der Waals surface area contributed by atoms with Gasteiger partial charge in [0.2, 0.25) is 0 Å². The Morgan fingerprint density at radius 1 is 1.59 bits per heavy atom. The smallest absolute Gasteiger partial charge is 0.124 e. The fraction of sp³-hybridized carbons (Fsp3) is 0.462. The maximum Gasteiger partial charge on any atom is 0.124 e. The number of nitriles is 1. The maximum atomic E-state index is 13.1. The van der Waals surface area contributed by atoms with Crippen molar-refractivity contribution in [3.05, 3.63) is 29.6 Å². The summed E-state index contributed by atoms with van der Waals surface area (Å²) in [6.07, 6.45) is 2.23. The van der Waals surface area contributed by atoms with Crippen molar-refractivity contribution >= 4 is 5.69 Å². The van der Waals surface area contributed by atoms with E-state index in [0.717, 1.165) is 31.6 Å². The first kappa shape index (κ1) is 11.9. The Morgan fingerprint density at radius 3 is 3.12 bits per heavy atom. The summed E-state index contributed by atoms with van der Waals surface area (Å²) in [5, 5.41) is 12.2. The molecule has 3 nitrogen and oxygen atoms in total. The number of likely N-dealkylation sites (N-methyl/N-ethyl adjacent to an activating group) is 1. The van der Waals surface area contributed by atoms with Gasteiger partial charge in [0.15, 0.2) is 0 Å². The molecule has 1 unspecified atom stereocenters. The molecular weight excluding hydrogens is 217 g/mol. The van der Waals surface area contributed by atoms with Gasteiger partial charge in [0.05, 0.1) is 11.3 Å². The van der Waals surface area contributed by atoms with Gasteiger partial charge in [-0.05, 0) is 38.1 Å². The lowest BCUT2D eigenvalue weighted by Gasteiger charge is -2.27.